The molecular weight excluding hydrogens is 296 g/mol. The normalized spacial score (nSPS) is 10.2. The second-order valence-electron chi connectivity index (χ2n) is 5.46. The molecule has 0 aliphatic rings. The van der Waals surface area contributed by atoms with Gasteiger partial charge in [-0.25, -0.2) is 4.21 Å². The highest BCUT2D eigenvalue weighted by molar-refractivity contribution is 7.66. The number of esters is 1. The van der Waals surface area contributed by atoms with E-state index >= 15 is 0 Å². The number of benzene rings is 1. The van der Waals surface area contributed by atoms with Gasteiger partial charge < -0.3 is 4.74 Å². The zero-order chi connectivity index (χ0) is 16.0. The van der Waals surface area contributed by atoms with Crippen molar-refractivity contribution in [1.29, 1.82) is 0 Å². The van der Waals surface area contributed by atoms with Crippen LogP contribution in [0.1, 0.15) is 63.9 Å². The Morgan fingerprint density at radius 3 is 2.41 bits per heavy atom. The maximum absolute atomic E-state index is 11.8. The number of unbranched alkanes of at least 4 members (excludes halogenated alkanes) is 5. The summed E-state index contributed by atoms with van der Waals surface area (Å²) in [4.78, 5) is 12.5. The van der Waals surface area contributed by atoms with Gasteiger partial charge in [0.15, 0.2) is 0 Å². The minimum atomic E-state index is -0.312. The van der Waals surface area contributed by atoms with E-state index in [2.05, 4.69) is 6.92 Å². The average molecular weight is 322 g/mol. The Bertz CT molecular complexity index is 478. The number of rotatable bonds is 11. The SMILES string of the molecule is CCCCCCCCC(CC(=O)OCc1ccccc1)=S=O. The van der Waals surface area contributed by atoms with Crippen LogP contribution in [-0.2, 0) is 27.4 Å². The minimum absolute atomic E-state index is 0.135. The van der Waals surface area contributed by atoms with Crippen molar-refractivity contribution in [2.24, 2.45) is 0 Å². The summed E-state index contributed by atoms with van der Waals surface area (Å²) in [6, 6.07) is 9.57. The van der Waals surface area contributed by atoms with Crippen molar-refractivity contribution in [1.82, 2.24) is 0 Å². The maximum Gasteiger partial charge on any atom is 0.311 e. The number of hydrogen-bond donors (Lipinski definition) is 0. The second kappa shape index (κ2) is 12.2. The third-order valence-electron chi connectivity index (χ3n) is 3.51. The Balaban J connectivity index is 2.19. The molecule has 0 aliphatic carbocycles. The Hall–Kier alpha value is -1.42. The number of hydrogen-bond acceptors (Lipinski definition) is 3. The predicted octanol–water partition coefficient (Wildman–Crippen LogP) is 4.26. The third kappa shape index (κ3) is 8.78. The van der Waals surface area contributed by atoms with E-state index in [-0.39, 0.29) is 19.0 Å². The lowest BCUT2D eigenvalue weighted by atomic mass is 10.1. The highest BCUT2D eigenvalue weighted by atomic mass is 32.1. The molecule has 0 fully saturated rings. The first kappa shape index (κ1) is 18.6. The molecule has 0 spiro atoms. The summed E-state index contributed by atoms with van der Waals surface area (Å²) >= 11 is 0.454. The smallest absolute Gasteiger partial charge is 0.311 e. The van der Waals surface area contributed by atoms with Crippen molar-refractivity contribution in [3.8, 4) is 0 Å². The van der Waals surface area contributed by atoms with Crippen LogP contribution in [0.15, 0.2) is 30.3 Å². The molecule has 1 rings (SSSR count). The topological polar surface area (TPSA) is 43.4 Å². The fourth-order valence-electron chi connectivity index (χ4n) is 2.21. The molecule has 0 N–H and O–H groups in total. The van der Waals surface area contributed by atoms with E-state index in [4.69, 9.17) is 4.74 Å². The zero-order valence-corrected chi connectivity index (χ0v) is 14.2. The Morgan fingerprint density at radius 2 is 1.73 bits per heavy atom. The van der Waals surface area contributed by atoms with Gasteiger partial charge in [-0.2, -0.15) is 0 Å². The highest BCUT2D eigenvalue weighted by Crippen LogP contribution is 2.09. The molecule has 0 saturated carbocycles. The van der Waals surface area contributed by atoms with Gasteiger partial charge in [-0.05, 0) is 18.4 Å². The summed E-state index contributed by atoms with van der Waals surface area (Å²) < 4.78 is 16.3. The first-order valence-corrected chi connectivity index (χ1v) is 8.84. The molecule has 0 aliphatic heterocycles. The van der Waals surface area contributed by atoms with Gasteiger partial charge in [0.1, 0.15) is 6.61 Å². The molecule has 0 aromatic heterocycles. The predicted molar refractivity (Wildman–Crippen MR) is 92.0 cm³/mol. The summed E-state index contributed by atoms with van der Waals surface area (Å²) in [5.41, 5.74) is 0.961. The van der Waals surface area contributed by atoms with Gasteiger partial charge in [-0.1, -0.05) is 69.4 Å². The van der Waals surface area contributed by atoms with Gasteiger partial charge in [-0.15, -0.1) is 0 Å². The quantitative estimate of drug-likeness (QED) is 0.347. The van der Waals surface area contributed by atoms with E-state index in [9.17, 15) is 9.00 Å². The van der Waals surface area contributed by atoms with Crippen LogP contribution in [0.4, 0.5) is 0 Å². The van der Waals surface area contributed by atoms with E-state index in [0.29, 0.717) is 16.1 Å². The summed E-state index contributed by atoms with van der Waals surface area (Å²) in [6.45, 7) is 2.47. The lowest BCUT2D eigenvalue weighted by Gasteiger charge is -2.06. The van der Waals surface area contributed by atoms with Crippen molar-refractivity contribution in [3.63, 3.8) is 0 Å². The largest absolute Gasteiger partial charge is 0.461 e. The number of carbonyl (C=O) groups excluding carboxylic acids is 1. The molecule has 0 radical (unpaired) electrons. The van der Waals surface area contributed by atoms with Gasteiger partial charge in [-0.3, -0.25) is 4.79 Å². The lowest BCUT2D eigenvalue weighted by Crippen LogP contribution is -2.11. The van der Waals surface area contributed by atoms with Crippen LogP contribution >= 0.6 is 0 Å². The standard InChI is InChI=1S/C18H26O3S/c1-2-3-4-5-6-10-13-17(22-20)14-18(19)21-15-16-11-8-7-9-12-16/h7-9,11-12H,2-6,10,13-15H2,1H3. The van der Waals surface area contributed by atoms with Crippen LogP contribution in [-0.4, -0.2) is 15.0 Å². The molecule has 0 heterocycles. The van der Waals surface area contributed by atoms with Crippen molar-refractivity contribution in [2.75, 3.05) is 0 Å². The van der Waals surface area contributed by atoms with Gasteiger partial charge in [0.05, 0.1) is 17.7 Å². The molecule has 0 atom stereocenters. The molecule has 0 saturated heterocycles. The van der Waals surface area contributed by atoms with Crippen LogP contribution in [0.25, 0.3) is 0 Å². The first-order valence-electron chi connectivity index (χ1n) is 8.10. The number of ether oxygens (including phenoxy) is 1. The van der Waals surface area contributed by atoms with Gasteiger partial charge >= 0.3 is 5.97 Å². The molecule has 0 bridgehead atoms. The van der Waals surface area contributed by atoms with Crippen LogP contribution in [0.3, 0.4) is 0 Å². The molecule has 1 aromatic rings. The monoisotopic (exact) mass is 322 g/mol. The second-order valence-corrected chi connectivity index (χ2v) is 6.21. The van der Waals surface area contributed by atoms with Crippen LogP contribution in [0.2, 0.25) is 0 Å². The van der Waals surface area contributed by atoms with Crippen molar-refractivity contribution in [2.45, 2.75) is 64.9 Å². The third-order valence-corrected chi connectivity index (χ3v) is 4.10. The summed E-state index contributed by atoms with van der Waals surface area (Å²) in [5, 5.41) is 0. The fraction of sp³-hybridized carbons (Fsp3) is 0.556. The zero-order valence-electron chi connectivity index (χ0n) is 13.4. The van der Waals surface area contributed by atoms with E-state index < -0.39 is 0 Å². The lowest BCUT2D eigenvalue weighted by molar-refractivity contribution is -0.143. The summed E-state index contributed by atoms with van der Waals surface area (Å²) in [7, 11) is 0. The van der Waals surface area contributed by atoms with Crippen molar-refractivity contribution < 1.29 is 13.7 Å². The number of carbonyl (C=O) groups is 1. The van der Waals surface area contributed by atoms with Gasteiger partial charge in [0, 0.05) is 4.86 Å². The Kier molecular flexibility index (Phi) is 10.3. The average Bonchev–Trinajstić information content (AvgIpc) is 2.56. The minimum Gasteiger partial charge on any atom is -0.461 e. The fourth-order valence-corrected chi connectivity index (χ4v) is 2.62. The van der Waals surface area contributed by atoms with E-state index in [0.717, 1.165) is 24.8 Å². The van der Waals surface area contributed by atoms with E-state index in [1.54, 1.807) is 0 Å². The van der Waals surface area contributed by atoms with Crippen LogP contribution in [0.5, 0.6) is 0 Å². The summed E-state index contributed by atoms with van der Waals surface area (Å²) in [5.74, 6) is -0.312. The maximum atomic E-state index is 11.8. The van der Waals surface area contributed by atoms with Crippen molar-refractivity contribution >= 4 is 22.1 Å². The highest BCUT2D eigenvalue weighted by Gasteiger charge is 2.09. The molecular formula is C18H26O3S. The van der Waals surface area contributed by atoms with Gasteiger partial charge in [0.25, 0.3) is 0 Å². The Labute approximate surface area is 137 Å². The van der Waals surface area contributed by atoms with E-state index in [1.807, 2.05) is 30.3 Å². The van der Waals surface area contributed by atoms with Crippen LogP contribution < -0.4 is 0 Å². The molecule has 4 heteroatoms. The molecule has 1 aromatic carbocycles. The first-order chi connectivity index (χ1) is 10.8. The molecule has 3 nitrogen and oxygen atoms in total. The molecule has 0 unspecified atom stereocenters. The van der Waals surface area contributed by atoms with Gasteiger partial charge in [0.2, 0.25) is 0 Å². The van der Waals surface area contributed by atoms with Crippen molar-refractivity contribution in [3.05, 3.63) is 35.9 Å². The Morgan fingerprint density at radius 1 is 1.05 bits per heavy atom. The molecule has 0 amide bonds. The molecule has 22 heavy (non-hydrogen) atoms. The summed E-state index contributed by atoms with van der Waals surface area (Å²) in [6.07, 6.45) is 7.96. The van der Waals surface area contributed by atoms with Crippen LogP contribution in [0, 0.1) is 0 Å². The van der Waals surface area contributed by atoms with E-state index in [1.165, 1.54) is 25.7 Å². The molecule has 122 valence electrons.